The summed E-state index contributed by atoms with van der Waals surface area (Å²) in [7, 11) is 1.78. The average Bonchev–Trinajstić information content (AvgIpc) is 3.86. The molecule has 0 radical (unpaired) electrons. The predicted molar refractivity (Wildman–Crippen MR) is 226 cm³/mol. The van der Waals surface area contributed by atoms with Crippen molar-refractivity contribution in [2.45, 2.75) is 48.5 Å². The molecule has 0 aliphatic carbocycles. The van der Waals surface area contributed by atoms with Crippen LogP contribution >= 0.6 is 46.6 Å². The van der Waals surface area contributed by atoms with Crippen LogP contribution in [0.15, 0.2) is 124 Å². The van der Waals surface area contributed by atoms with Gasteiger partial charge in [0.15, 0.2) is 17.1 Å². The molecule has 0 spiro atoms. The Morgan fingerprint density at radius 3 is 2.14 bits per heavy atom. The van der Waals surface area contributed by atoms with Crippen LogP contribution in [0, 0.1) is 0 Å². The van der Waals surface area contributed by atoms with Gasteiger partial charge in [0, 0.05) is 39.8 Å². The van der Waals surface area contributed by atoms with Gasteiger partial charge >= 0.3 is 6.09 Å². The molecule has 18 heteroatoms. The van der Waals surface area contributed by atoms with E-state index < -0.39 is 40.5 Å². The fourth-order valence-electron chi connectivity index (χ4n) is 6.21. The van der Waals surface area contributed by atoms with E-state index in [1.807, 2.05) is 91.0 Å². The van der Waals surface area contributed by atoms with Crippen molar-refractivity contribution in [2.75, 3.05) is 16.2 Å². The van der Waals surface area contributed by atoms with E-state index in [-0.39, 0.29) is 22.2 Å². The number of nitrogens with zero attached hydrogens (tertiary/aromatic N) is 6. The highest BCUT2D eigenvalue weighted by Crippen LogP contribution is 2.44. The molecule has 0 bridgehead atoms. The lowest BCUT2D eigenvalue weighted by molar-refractivity contribution is -0.145. The lowest BCUT2D eigenvalue weighted by atomic mass is 9.80. The zero-order valence-electron chi connectivity index (χ0n) is 31.7. The molecule has 7 rings (SSSR count). The molecule has 0 unspecified atom stereocenters. The van der Waals surface area contributed by atoms with Gasteiger partial charge in [-0.3, -0.25) is 29.3 Å². The van der Waals surface area contributed by atoms with Gasteiger partial charge in [-0.1, -0.05) is 108 Å². The summed E-state index contributed by atoms with van der Waals surface area (Å²) in [5.74, 6) is -0.728. The van der Waals surface area contributed by atoms with Crippen LogP contribution in [0.1, 0.15) is 43.2 Å². The average molecular weight is 855 g/mol. The van der Waals surface area contributed by atoms with Crippen molar-refractivity contribution >= 4 is 81.7 Å². The van der Waals surface area contributed by atoms with Gasteiger partial charge < -0.3 is 14.9 Å². The van der Waals surface area contributed by atoms with Crippen LogP contribution in [0.25, 0.3) is 0 Å². The number of β-lactam (4-membered cyclic amide) rings is 1. The van der Waals surface area contributed by atoms with E-state index in [4.69, 9.17) is 9.57 Å². The summed E-state index contributed by atoms with van der Waals surface area (Å²) in [6.45, 7) is 5.23. The number of nitrogens with one attached hydrogen (secondary N) is 2. The molecule has 3 aromatic carbocycles. The molecule has 1 saturated heterocycles. The summed E-state index contributed by atoms with van der Waals surface area (Å²) >= 11 is 5.37. The van der Waals surface area contributed by atoms with E-state index in [1.165, 1.54) is 40.2 Å². The second-order valence-corrected chi connectivity index (χ2v) is 18.2. The van der Waals surface area contributed by atoms with Crippen LogP contribution in [0.4, 0.5) is 9.93 Å². The lowest BCUT2D eigenvalue weighted by Crippen LogP contribution is -2.70. The van der Waals surface area contributed by atoms with Gasteiger partial charge in [-0.05, 0) is 20.8 Å². The van der Waals surface area contributed by atoms with Crippen LogP contribution in [-0.4, -0.2) is 82.4 Å². The molecule has 2 N–H and O–H groups in total. The topological polar surface area (TPSA) is 170 Å². The van der Waals surface area contributed by atoms with Gasteiger partial charge in [-0.25, -0.2) is 14.8 Å². The van der Waals surface area contributed by atoms with Gasteiger partial charge in [0.1, 0.15) is 29.0 Å². The Morgan fingerprint density at radius 1 is 0.966 bits per heavy atom. The molecule has 14 nitrogen and oxygen atoms in total. The Bertz CT molecular complexity index is 2250. The molecule has 5 aromatic rings. The molecule has 4 heterocycles. The number of aldehydes is 1. The Kier molecular flexibility index (Phi) is 12.4. The summed E-state index contributed by atoms with van der Waals surface area (Å²) in [5.41, 5.74) is 0.234. The van der Waals surface area contributed by atoms with Crippen LogP contribution in [0.3, 0.4) is 0 Å². The van der Waals surface area contributed by atoms with E-state index in [1.54, 1.807) is 44.2 Å². The van der Waals surface area contributed by atoms with E-state index >= 15 is 0 Å². The van der Waals surface area contributed by atoms with Gasteiger partial charge in [0.05, 0.1) is 10.8 Å². The Morgan fingerprint density at radius 2 is 1.59 bits per heavy atom. The number of ether oxygens (including phenoxy) is 1. The molecular formula is C40H38N8O6S4. The zero-order chi connectivity index (χ0) is 40.9. The number of aromatic nitrogens is 4. The molecule has 3 amide bonds. The first-order valence-electron chi connectivity index (χ1n) is 17.9. The molecule has 1 fully saturated rings. The number of thioether (sulfide) groups is 3. The second kappa shape index (κ2) is 17.6. The van der Waals surface area contributed by atoms with E-state index in [0.29, 0.717) is 22.3 Å². The van der Waals surface area contributed by atoms with Crippen LogP contribution in [-0.2, 0) is 36.6 Å². The highest BCUT2D eigenvalue weighted by atomic mass is 32.2. The summed E-state index contributed by atoms with van der Waals surface area (Å²) in [5, 5.41) is 16.6. The summed E-state index contributed by atoms with van der Waals surface area (Å²) < 4.78 is 7.01. The number of amides is 3. The minimum atomic E-state index is -1.34. The summed E-state index contributed by atoms with van der Waals surface area (Å²) in [6.07, 6.45) is 1.57. The first kappa shape index (κ1) is 40.8. The van der Waals surface area contributed by atoms with Gasteiger partial charge in [0.2, 0.25) is 10.8 Å². The number of fused-ring (bicyclic) bond motifs is 1. The number of thiazole rings is 1. The number of aryl methyl sites for hydroxylation is 1. The van der Waals surface area contributed by atoms with Crippen LogP contribution in [0.5, 0.6) is 0 Å². The highest BCUT2D eigenvalue weighted by molar-refractivity contribution is 8.18. The third-order valence-electron chi connectivity index (χ3n) is 8.76. The molecule has 58 heavy (non-hydrogen) atoms. The first-order chi connectivity index (χ1) is 28.0. The molecule has 2 aliphatic rings. The largest absolute Gasteiger partial charge is 0.444 e. The Hall–Kier alpha value is -5.43. The summed E-state index contributed by atoms with van der Waals surface area (Å²) in [6, 6.07) is 27.6. The molecular weight excluding hydrogens is 817 g/mol. The van der Waals surface area contributed by atoms with Gasteiger partial charge in [-0.2, -0.15) is 0 Å². The van der Waals surface area contributed by atoms with Crippen molar-refractivity contribution in [3.63, 3.8) is 0 Å². The maximum Gasteiger partial charge on any atom is 0.413 e. The standard InChI is InChI=1S/C40H38N8O6S4/c1-39(2,3)53-38(52)44-37-42-28(21-56-37)31(46-54-40(25-14-8-5-9-15-25,26-16-10-6-11-17-26)27-18-12-7-13-19-27)33(50)43-32-34(51)48-29(20-49)30(22-55-35(32)48)57-24-58-36-41-23-47(4)45-36/h5-21,23,32,35H,22,24H2,1-4H3,(H,43,50)(H,42,44,52)/b46-31-/t32-,35-/m1/s1. The van der Waals surface area contributed by atoms with Gasteiger partial charge in [0.25, 0.3) is 11.8 Å². The lowest BCUT2D eigenvalue weighted by Gasteiger charge is -2.49. The van der Waals surface area contributed by atoms with Gasteiger partial charge in [-0.15, -0.1) is 40.0 Å². The highest BCUT2D eigenvalue weighted by Gasteiger charge is 2.53. The number of anilines is 1. The number of hydrogen-bond acceptors (Lipinski definition) is 14. The molecule has 2 aliphatic heterocycles. The van der Waals surface area contributed by atoms with Crippen molar-refractivity contribution in [3.8, 4) is 0 Å². The maximum atomic E-state index is 14.5. The van der Waals surface area contributed by atoms with Crippen molar-refractivity contribution in [1.82, 2.24) is 30.0 Å². The van der Waals surface area contributed by atoms with E-state index in [2.05, 4.69) is 30.9 Å². The second-order valence-electron chi connectivity index (χ2n) is 13.9. The Balaban J connectivity index is 1.20. The fraction of sp³-hybridized carbons (Fsp3) is 0.250. The van der Waals surface area contributed by atoms with Crippen molar-refractivity contribution in [1.29, 1.82) is 0 Å². The SMILES string of the molecule is Cn1cnc(SCSC2=C(C=O)N3C(=O)[C@@H](NC(=O)/C(=N\OC(c4ccccc4)(c4ccccc4)c4ccccc4)c4csc(NC(=O)OC(C)(C)C)n4)[C@H]3SC2)n1. The third kappa shape index (κ3) is 8.84. The molecule has 0 saturated carbocycles. The minimum absolute atomic E-state index is 0.0867. The number of carbonyl (C=O) groups excluding carboxylic acids is 4. The number of carbonyl (C=O) groups is 4. The van der Waals surface area contributed by atoms with Crippen LogP contribution < -0.4 is 10.6 Å². The zero-order valence-corrected chi connectivity index (χ0v) is 35.0. The van der Waals surface area contributed by atoms with Crippen molar-refractivity contribution in [3.05, 3.63) is 136 Å². The first-order valence-corrected chi connectivity index (χ1v) is 21.8. The van der Waals surface area contributed by atoms with Crippen molar-refractivity contribution in [2.24, 2.45) is 12.2 Å². The Labute approximate surface area is 351 Å². The predicted octanol–water partition coefficient (Wildman–Crippen LogP) is 6.62. The quantitative estimate of drug-likeness (QED) is 0.0233. The number of oxime groups is 1. The number of benzene rings is 3. The third-order valence-corrected chi connectivity index (χ3v) is 13.1. The minimum Gasteiger partial charge on any atom is -0.444 e. The number of hydrogen-bond donors (Lipinski definition) is 2. The fourth-order valence-corrected chi connectivity index (χ4v) is 10.5. The molecule has 2 atom stereocenters. The smallest absolute Gasteiger partial charge is 0.413 e. The monoisotopic (exact) mass is 854 g/mol. The molecule has 2 aromatic heterocycles. The number of rotatable bonds is 14. The van der Waals surface area contributed by atoms with E-state index in [0.717, 1.165) is 32.9 Å². The molecule has 298 valence electrons. The van der Waals surface area contributed by atoms with Crippen LogP contribution in [0.2, 0.25) is 0 Å². The maximum absolute atomic E-state index is 14.5. The van der Waals surface area contributed by atoms with E-state index in [9.17, 15) is 19.2 Å². The van der Waals surface area contributed by atoms with Crippen molar-refractivity contribution < 1.29 is 28.8 Å². The normalized spacial score (nSPS) is 16.9. The number of allylic oxidation sites excluding steroid dienone is 1. The summed E-state index contributed by atoms with van der Waals surface area (Å²) in [4.78, 5) is 70.8.